The standard InChI is InChI=1S/C15H22O2/c1-4-14-11(2)9-13(10-12(14)3)17-15-7-5-6-8-16-15/h9-10,15H,4-8H2,1-3H3. The molecular weight excluding hydrogens is 212 g/mol. The van der Waals surface area contributed by atoms with Crippen molar-refractivity contribution in [2.24, 2.45) is 0 Å². The fourth-order valence-electron chi connectivity index (χ4n) is 2.54. The van der Waals surface area contributed by atoms with Crippen molar-refractivity contribution >= 4 is 0 Å². The van der Waals surface area contributed by atoms with Gasteiger partial charge in [-0.15, -0.1) is 0 Å². The average molecular weight is 234 g/mol. The van der Waals surface area contributed by atoms with Gasteiger partial charge < -0.3 is 9.47 Å². The Morgan fingerprint density at radius 1 is 1.24 bits per heavy atom. The van der Waals surface area contributed by atoms with Crippen molar-refractivity contribution in [1.82, 2.24) is 0 Å². The highest BCUT2D eigenvalue weighted by atomic mass is 16.7. The Bertz CT molecular complexity index is 356. The van der Waals surface area contributed by atoms with Gasteiger partial charge in [0.15, 0.2) is 6.29 Å². The molecule has 17 heavy (non-hydrogen) atoms. The molecule has 2 rings (SSSR count). The van der Waals surface area contributed by atoms with Gasteiger partial charge in [-0.05, 0) is 61.9 Å². The van der Waals surface area contributed by atoms with E-state index in [-0.39, 0.29) is 6.29 Å². The Balaban J connectivity index is 2.10. The Hall–Kier alpha value is -1.02. The van der Waals surface area contributed by atoms with Crippen LogP contribution in [0.1, 0.15) is 42.9 Å². The van der Waals surface area contributed by atoms with Crippen LogP contribution in [0.2, 0.25) is 0 Å². The molecule has 0 bridgehead atoms. The van der Waals surface area contributed by atoms with Crippen molar-refractivity contribution in [2.75, 3.05) is 6.61 Å². The van der Waals surface area contributed by atoms with E-state index in [1.54, 1.807) is 0 Å². The number of benzene rings is 1. The third kappa shape index (κ3) is 3.01. The Kier molecular flexibility index (Phi) is 4.06. The van der Waals surface area contributed by atoms with Crippen LogP contribution < -0.4 is 4.74 Å². The van der Waals surface area contributed by atoms with Gasteiger partial charge >= 0.3 is 0 Å². The molecule has 0 amide bonds. The van der Waals surface area contributed by atoms with Crippen molar-refractivity contribution < 1.29 is 9.47 Å². The largest absolute Gasteiger partial charge is 0.465 e. The second-order valence-electron chi connectivity index (χ2n) is 4.80. The first-order valence-corrected chi connectivity index (χ1v) is 6.59. The van der Waals surface area contributed by atoms with Crippen LogP contribution >= 0.6 is 0 Å². The molecule has 2 heteroatoms. The zero-order valence-electron chi connectivity index (χ0n) is 11.1. The first-order chi connectivity index (χ1) is 8.20. The lowest BCUT2D eigenvalue weighted by molar-refractivity contribution is -0.105. The van der Waals surface area contributed by atoms with Crippen molar-refractivity contribution in [1.29, 1.82) is 0 Å². The molecule has 2 nitrogen and oxygen atoms in total. The van der Waals surface area contributed by atoms with Gasteiger partial charge in [-0.2, -0.15) is 0 Å². The lowest BCUT2D eigenvalue weighted by Gasteiger charge is -2.24. The van der Waals surface area contributed by atoms with E-state index in [9.17, 15) is 0 Å². The van der Waals surface area contributed by atoms with Crippen LogP contribution in [0.5, 0.6) is 5.75 Å². The van der Waals surface area contributed by atoms with Crippen LogP contribution in [0.4, 0.5) is 0 Å². The lowest BCUT2D eigenvalue weighted by Crippen LogP contribution is -2.25. The number of hydrogen-bond acceptors (Lipinski definition) is 2. The van der Waals surface area contributed by atoms with E-state index in [2.05, 4.69) is 32.9 Å². The second kappa shape index (κ2) is 5.54. The summed E-state index contributed by atoms with van der Waals surface area (Å²) in [5.74, 6) is 0.948. The Labute approximate surface area is 104 Å². The minimum atomic E-state index is -0.0463. The van der Waals surface area contributed by atoms with Crippen LogP contribution in [-0.4, -0.2) is 12.9 Å². The summed E-state index contributed by atoms with van der Waals surface area (Å²) in [5, 5.41) is 0. The van der Waals surface area contributed by atoms with E-state index in [1.165, 1.54) is 23.1 Å². The summed E-state index contributed by atoms with van der Waals surface area (Å²) in [6.45, 7) is 7.33. The number of rotatable bonds is 3. The SMILES string of the molecule is CCc1c(C)cc(OC2CCCCO2)cc1C. The first kappa shape index (κ1) is 12.4. The van der Waals surface area contributed by atoms with Crippen LogP contribution in [0.15, 0.2) is 12.1 Å². The fourth-order valence-corrected chi connectivity index (χ4v) is 2.54. The van der Waals surface area contributed by atoms with Crippen LogP contribution in [-0.2, 0) is 11.2 Å². The zero-order chi connectivity index (χ0) is 12.3. The fraction of sp³-hybridized carbons (Fsp3) is 0.600. The highest BCUT2D eigenvalue weighted by molar-refractivity contribution is 5.41. The molecule has 0 saturated carbocycles. The minimum Gasteiger partial charge on any atom is -0.465 e. The molecule has 1 saturated heterocycles. The minimum absolute atomic E-state index is 0.0463. The van der Waals surface area contributed by atoms with Gasteiger partial charge in [0.1, 0.15) is 5.75 Å². The van der Waals surface area contributed by atoms with E-state index < -0.39 is 0 Å². The van der Waals surface area contributed by atoms with Gasteiger partial charge in [0.25, 0.3) is 0 Å². The smallest absolute Gasteiger partial charge is 0.199 e. The summed E-state index contributed by atoms with van der Waals surface area (Å²) >= 11 is 0. The maximum Gasteiger partial charge on any atom is 0.199 e. The second-order valence-corrected chi connectivity index (χ2v) is 4.80. The van der Waals surface area contributed by atoms with Crippen molar-refractivity contribution in [3.8, 4) is 5.75 Å². The van der Waals surface area contributed by atoms with Crippen LogP contribution in [0, 0.1) is 13.8 Å². The predicted molar refractivity (Wildman–Crippen MR) is 69.5 cm³/mol. The van der Waals surface area contributed by atoms with Gasteiger partial charge in [-0.25, -0.2) is 0 Å². The van der Waals surface area contributed by atoms with Gasteiger partial charge in [0.05, 0.1) is 6.61 Å². The monoisotopic (exact) mass is 234 g/mol. The van der Waals surface area contributed by atoms with Crippen LogP contribution in [0.25, 0.3) is 0 Å². The van der Waals surface area contributed by atoms with Crippen molar-refractivity contribution in [2.45, 2.75) is 52.7 Å². The number of aryl methyl sites for hydroxylation is 2. The van der Waals surface area contributed by atoms with E-state index in [4.69, 9.17) is 9.47 Å². The Morgan fingerprint density at radius 3 is 2.47 bits per heavy atom. The van der Waals surface area contributed by atoms with E-state index in [0.717, 1.165) is 31.6 Å². The van der Waals surface area contributed by atoms with Crippen molar-refractivity contribution in [3.63, 3.8) is 0 Å². The summed E-state index contributed by atoms with van der Waals surface area (Å²) in [6.07, 6.45) is 4.41. The van der Waals surface area contributed by atoms with Gasteiger partial charge in [-0.1, -0.05) is 6.92 Å². The normalized spacial score (nSPS) is 20.3. The summed E-state index contributed by atoms with van der Waals surface area (Å²) < 4.78 is 11.5. The molecule has 1 aliphatic rings. The topological polar surface area (TPSA) is 18.5 Å². The number of ether oxygens (including phenoxy) is 2. The molecule has 0 radical (unpaired) electrons. The van der Waals surface area contributed by atoms with E-state index >= 15 is 0 Å². The first-order valence-electron chi connectivity index (χ1n) is 6.59. The predicted octanol–water partition coefficient (Wildman–Crippen LogP) is 3.77. The van der Waals surface area contributed by atoms with Gasteiger partial charge in [0, 0.05) is 6.42 Å². The molecule has 94 valence electrons. The summed E-state index contributed by atoms with van der Waals surface area (Å²) in [6, 6.07) is 4.26. The molecule has 1 fully saturated rings. The molecule has 1 aromatic rings. The Morgan fingerprint density at radius 2 is 1.94 bits per heavy atom. The molecule has 0 aliphatic carbocycles. The third-order valence-corrected chi connectivity index (χ3v) is 3.43. The lowest BCUT2D eigenvalue weighted by atomic mass is 10.0. The molecule has 1 aliphatic heterocycles. The molecule has 0 spiro atoms. The molecule has 1 unspecified atom stereocenters. The quantitative estimate of drug-likeness (QED) is 0.792. The molecule has 1 heterocycles. The zero-order valence-corrected chi connectivity index (χ0v) is 11.1. The maximum atomic E-state index is 5.89. The van der Waals surface area contributed by atoms with E-state index in [1.807, 2.05) is 0 Å². The molecule has 1 aromatic carbocycles. The summed E-state index contributed by atoms with van der Waals surface area (Å²) in [7, 11) is 0. The molecule has 1 atom stereocenters. The summed E-state index contributed by atoms with van der Waals surface area (Å²) in [4.78, 5) is 0. The van der Waals surface area contributed by atoms with Gasteiger partial charge in [0.2, 0.25) is 0 Å². The van der Waals surface area contributed by atoms with Crippen LogP contribution in [0.3, 0.4) is 0 Å². The van der Waals surface area contributed by atoms with Crippen molar-refractivity contribution in [3.05, 3.63) is 28.8 Å². The highest BCUT2D eigenvalue weighted by Gasteiger charge is 2.15. The molecular formula is C15H22O2. The van der Waals surface area contributed by atoms with Gasteiger partial charge in [-0.3, -0.25) is 0 Å². The molecule has 0 N–H and O–H groups in total. The average Bonchev–Trinajstić information content (AvgIpc) is 2.30. The molecule has 0 aromatic heterocycles. The highest BCUT2D eigenvalue weighted by Crippen LogP contribution is 2.25. The van der Waals surface area contributed by atoms with E-state index in [0.29, 0.717) is 0 Å². The maximum absolute atomic E-state index is 5.89. The number of hydrogen-bond donors (Lipinski definition) is 0. The summed E-state index contributed by atoms with van der Waals surface area (Å²) in [5.41, 5.74) is 4.07. The third-order valence-electron chi connectivity index (χ3n) is 3.43.